The average molecular weight is 250 g/mol. The van der Waals surface area contributed by atoms with Crippen molar-refractivity contribution in [3.63, 3.8) is 0 Å². The van der Waals surface area contributed by atoms with Crippen molar-refractivity contribution in [1.82, 2.24) is 0 Å². The van der Waals surface area contributed by atoms with E-state index in [1.54, 1.807) is 0 Å². The summed E-state index contributed by atoms with van der Waals surface area (Å²) in [5.41, 5.74) is 0.417. The van der Waals surface area contributed by atoms with Gasteiger partial charge in [0.25, 0.3) is 5.69 Å². The monoisotopic (exact) mass is 250 g/mol. The zero-order valence-corrected chi connectivity index (χ0v) is 9.33. The van der Waals surface area contributed by atoms with Crippen LogP contribution >= 0.6 is 0 Å². The number of hydrogen-bond donors (Lipinski definition) is 1. The van der Waals surface area contributed by atoms with E-state index in [2.05, 4.69) is 0 Å². The summed E-state index contributed by atoms with van der Waals surface area (Å²) < 4.78 is 0. The van der Waals surface area contributed by atoms with Gasteiger partial charge in [-0.15, -0.1) is 0 Å². The van der Waals surface area contributed by atoms with Crippen molar-refractivity contribution in [3.05, 3.63) is 33.9 Å². The smallest absolute Gasteiger partial charge is 0.271 e. The van der Waals surface area contributed by atoms with Crippen LogP contribution in [0.3, 0.4) is 0 Å². The molecule has 0 aromatic heterocycles. The van der Waals surface area contributed by atoms with Crippen LogP contribution in [0.2, 0.25) is 0 Å². The van der Waals surface area contributed by atoms with Crippen LogP contribution in [0.1, 0.15) is 12.0 Å². The van der Waals surface area contributed by atoms with Gasteiger partial charge in [0.2, 0.25) is 5.91 Å². The maximum Gasteiger partial charge on any atom is 0.271 e. The standard InChI is InChI=1S/C11H10N2O5/c14-6-7-1-2-8(13(17)18)3-10(7)12-5-9(15)4-11(12)16/h1-3,14H,4-6H2. The summed E-state index contributed by atoms with van der Waals surface area (Å²) in [7, 11) is 0. The molecule has 1 aliphatic rings. The number of nitro benzene ring substituents is 1. The Balaban J connectivity index is 2.47. The predicted octanol–water partition coefficient (Wildman–Crippen LogP) is 0.393. The fraction of sp³-hybridized carbons (Fsp3) is 0.273. The van der Waals surface area contributed by atoms with Gasteiger partial charge in [-0.3, -0.25) is 19.7 Å². The number of ketones is 1. The van der Waals surface area contributed by atoms with Gasteiger partial charge in [0, 0.05) is 17.7 Å². The van der Waals surface area contributed by atoms with Gasteiger partial charge in [0.1, 0.15) is 0 Å². The van der Waals surface area contributed by atoms with E-state index >= 15 is 0 Å². The number of nitro groups is 1. The molecule has 0 radical (unpaired) electrons. The van der Waals surface area contributed by atoms with E-state index < -0.39 is 10.8 Å². The lowest BCUT2D eigenvalue weighted by Crippen LogP contribution is -2.25. The lowest BCUT2D eigenvalue weighted by molar-refractivity contribution is -0.384. The summed E-state index contributed by atoms with van der Waals surface area (Å²) in [5.74, 6) is -0.648. The minimum atomic E-state index is -0.590. The Bertz CT molecular complexity index is 540. The number of Topliss-reactive ketones (excluding diaryl/α,β-unsaturated/α-hetero) is 1. The lowest BCUT2D eigenvalue weighted by atomic mass is 10.1. The largest absolute Gasteiger partial charge is 0.392 e. The Labute approximate surface area is 102 Å². The molecule has 7 heteroatoms. The molecule has 0 saturated carbocycles. The molecule has 18 heavy (non-hydrogen) atoms. The molecule has 1 amide bonds. The molecule has 1 fully saturated rings. The van der Waals surface area contributed by atoms with Crippen molar-refractivity contribution < 1.29 is 19.6 Å². The molecule has 0 aliphatic carbocycles. The number of amides is 1. The summed E-state index contributed by atoms with van der Waals surface area (Å²) in [5, 5.41) is 19.9. The number of aliphatic hydroxyl groups is 1. The summed E-state index contributed by atoms with van der Waals surface area (Å²) in [4.78, 5) is 34.0. The highest BCUT2D eigenvalue weighted by atomic mass is 16.6. The van der Waals surface area contributed by atoms with Gasteiger partial charge in [-0.2, -0.15) is 0 Å². The first-order chi connectivity index (χ1) is 8.52. The van der Waals surface area contributed by atoms with E-state index in [1.165, 1.54) is 23.1 Å². The Morgan fingerprint density at radius 3 is 2.61 bits per heavy atom. The van der Waals surface area contributed by atoms with Crippen LogP contribution in [0.4, 0.5) is 11.4 Å². The number of non-ortho nitro benzene ring substituents is 1. The molecule has 0 unspecified atom stereocenters. The van der Waals surface area contributed by atoms with Crippen LogP contribution in [-0.2, 0) is 16.2 Å². The van der Waals surface area contributed by atoms with Crippen molar-refractivity contribution >= 4 is 23.1 Å². The Morgan fingerprint density at radius 2 is 2.11 bits per heavy atom. The van der Waals surface area contributed by atoms with Crippen LogP contribution in [-0.4, -0.2) is 28.3 Å². The molecule has 2 rings (SSSR count). The number of benzene rings is 1. The van der Waals surface area contributed by atoms with Gasteiger partial charge < -0.3 is 10.0 Å². The van der Waals surface area contributed by atoms with Crippen molar-refractivity contribution in [2.45, 2.75) is 13.0 Å². The fourth-order valence-electron chi connectivity index (χ4n) is 1.85. The van der Waals surface area contributed by atoms with E-state index in [0.717, 1.165) is 0 Å². The number of carbonyl (C=O) groups excluding carboxylic acids is 2. The van der Waals surface area contributed by atoms with Crippen molar-refractivity contribution in [3.8, 4) is 0 Å². The second-order valence-corrected chi connectivity index (χ2v) is 3.92. The zero-order valence-electron chi connectivity index (χ0n) is 9.33. The Morgan fingerprint density at radius 1 is 1.39 bits per heavy atom. The number of nitrogens with zero attached hydrogens (tertiary/aromatic N) is 2. The van der Waals surface area contributed by atoms with Gasteiger partial charge >= 0.3 is 0 Å². The van der Waals surface area contributed by atoms with E-state index in [4.69, 9.17) is 5.11 Å². The molecular formula is C11H10N2O5. The zero-order chi connectivity index (χ0) is 13.3. The molecule has 1 aromatic rings. The SMILES string of the molecule is O=C1CC(=O)N(c2cc([N+](=O)[O-])ccc2CO)C1. The Kier molecular flexibility index (Phi) is 3.07. The van der Waals surface area contributed by atoms with Gasteiger partial charge in [-0.05, 0) is 6.07 Å². The molecule has 94 valence electrons. The van der Waals surface area contributed by atoms with Crippen molar-refractivity contribution in [1.29, 1.82) is 0 Å². The van der Waals surface area contributed by atoms with Crippen molar-refractivity contribution in [2.24, 2.45) is 0 Å². The average Bonchev–Trinajstić information content (AvgIpc) is 2.67. The fourth-order valence-corrected chi connectivity index (χ4v) is 1.85. The van der Waals surface area contributed by atoms with Crippen LogP contribution < -0.4 is 4.90 Å². The molecule has 0 spiro atoms. The van der Waals surface area contributed by atoms with Crippen LogP contribution in [0.5, 0.6) is 0 Å². The van der Waals surface area contributed by atoms with Gasteiger partial charge in [0.05, 0.1) is 30.2 Å². The molecule has 1 aromatic carbocycles. The van der Waals surface area contributed by atoms with E-state index in [-0.39, 0.29) is 36.7 Å². The van der Waals surface area contributed by atoms with Crippen LogP contribution in [0.25, 0.3) is 0 Å². The minimum absolute atomic E-state index is 0.104. The number of rotatable bonds is 3. The van der Waals surface area contributed by atoms with Crippen LogP contribution in [0.15, 0.2) is 18.2 Å². The molecule has 1 saturated heterocycles. The number of hydrogen-bond acceptors (Lipinski definition) is 5. The molecular weight excluding hydrogens is 240 g/mol. The maximum absolute atomic E-state index is 11.6. The highest BCUT2D eigenvalue weighted by Crippen LogP contribution is 2.28. The van der Waals surface area contributed by atoms with E-state index in [9.17, 15) is 19.7 Å². The normalized spacial score (nSPS) is 15.3. The topological polar surface area (TPSA) is 101 Å². The molecule has 1 heterocycles. The van der Waals surface area contributed by atoms with Gasteiger partial charge in [-0.1, -0.05) is 0 Å². The highest BCUT2D eigenvalue weighted by molar-refractivity contribution is 6.15. The van der Waals surface area contributed by atoms with E-state index in [0.29, 0.717) is 5.56 Å². The molecule has 1 aliphatic heterocycles. The first kappa shape index (κ1) is 12.2. The van der Waals surface area contributed by atoms with Crippen LogP contribution in [0, 0.1) is 10.1 Å². The van der Waals surface area contributed by atoms with E-state index in [1.807, 2.05) is 0 Å². The predicted molar refractivity (Wildman–Crippen MR) is 61.0 cm³/mol. The second kappa shape index (κ2) is 4.53. The lowest BCUT2D eigenvalue weighted by Gasteiger charge is -2.17. The first-order valence-electron chi connectivity index (χ1n) is 5.23. The number of carbonyl (C=O) groups is 2. The third-order valence-corrected chi connectivity index (χ3v) is 2.72. The molecule has 1 N–H and O–H groups in total. The molecule has 0 atom stereocenters. The summed E-state index contributed by atoms with van der Waals surface area (Å²) in [6.07, 6.45) is -0.201. The van der Waals surface area contributed by atoms with Gasteiger partial charge in [-0.25, -0.2) is 0 Å². The summed E-state index contributed by atoms with van der Waals surface area (Å²) in [6, 6.07) is 3.82. The number of aliphatic hydroxyl groups excluding tert-OH is 1. The summed E-state index contributed by atoms with van der Waals surface area (Å²) >= 11 is 0. The molecule has 7 nitrogen and oxygen atoms in total. The second-order valence-electron chi connectivity index (χ2n) is 3.92. The van der Waals surface area contributed by atoms with Gasteiger partial charge in [0.15, 0.2) is 5.78 Å². The molecule has 0 bridgehead atoms. The highest BCUT2D eigenvalue weighted by Gasteiger charge is 2.30. The Hall–Kier alpha value is -2.28. The maximum atomic E-state index is 11.6. The number of anilines is 1. The third kappa shape index (κ3) is 2.07. The third-order valence-electron chi connectivity index (χ3n) is 2.72. The quantitative estimate of drug-likeness (QED) is 0.475. The first-order valence-corrected chi connectivity index (χ1v) is 5.23. The minimum Gasteiger partial charge on any atom is -0.392 e. The summed E-state index contributed by atoms with van der Waals surface area (Å²) in [6.45, 7) is -0.460. The van der Waals surface area contributed by atoms with Crippen molar-refractivity contribution in [2.75, 3.05) is 11.4 Å².